The van der Waals surface area contributed by atoms with Crippen molar-refractivity contribution in [3.05, 3.63) is 22.8 Å². The first-order valence-electron chi connectivity index (χ1n) is 6.43. The number of hydrogen-bond donors (Lipinski definition) is 0. The molecule has 21 heavy (non-hydrogen) atoms. The topological polar surface area (TPSA) is 34.6 Å². The Morgan fingerprint density at radius 3 is 2.76 bits per heavy atom. The molecule has 0 N–H and O–H groups in total. The van der Waals surface area contributed by atoms with Gasteiger partial charge in [0, 0.05) is 26.4 Å². The van der Waals surface area contributed by atoms with Crippen LogP contribution in [0, 0.1) is 0 Å². The number of hydrogen-bond acceptors (Lipinski definition) is 4. The van der Waals surface area contributed by atoms with Crippen LogP contribution >= 0.6 is 11.6 Å². The molecule has 1 fully saturated rings. The van der Waals surface area contributed by atoms with E-state index < -0.39 is 11.7 Å². The average Bonchev–Trinajstić information content (AvgIpc) is 2.37. The minimum absolute atomic E-state index is 0.0184. The van der Waals surface area contributed by atoms with Crippen molar-refractivity contribution in [3.8, 4) is 0 Å². The third-order valence-corrected chi connectivity index (χ3v) is 3.41. The second-order valence-corrected chi connectivity index (χ2v) is 5.36. The second kappa shape index (κ2) is 6.37. The number of anilines is 1. The van der Waals surface area contributed by atoms with Gasteiger partial charge in [0.2, 0.25) is 0 Å². The zero-order valence-electron chi connectivity index (χ0n) is 11.7. The van der Waals surface area contributed by atoms with Crippen molar-refractivity contribution in [3.63, 3.8) is 0 Å². The molecule has 4 nitrogen and oxygen atoms in total. The zero-order valence-corrected chi connectivity index (χ0v) is 12.4. The Hall–Kier alpha value is -1.05. The van der Waals surface area contributed by atoms with Gasteiger partial charge in [-0.25, -0.2) is 4.98 Å². The number of halogens is 4. The van der Waals surface area contributed by atoms with Crippen molar-refractivity contribution >= 4 is 17.4 Å². The molecule has 0 saturated carbocycles. The quantitative estimate of drug-likeness (QED) is 0.856. The highest BCUT2D eigenvalue weighted by molar-refractivity contribution is 6.33. The van der Waals surface area contributed by atoms with Gasteiger partial charge in [-0.05, 0) is 13.0 Å². The molecule has 2 atom stereocenters. The number of aromatic nitrogens is 1. The number of nitrogens with zero attached hydrogens (tertiary/aromatic N) is 2. The maximum absolute atomic E-state index is 12.6. The lowest BCUT2D eigenvalue weighted by Gasteiger charge is -2.37. The molecule has 0 aromatic carbocycles. The third-order valence-electron chi connectivity index (χ3n) is 3.13. The van der Waals surface area contributed by atoms with Gasteiger partial charge in [-0.2, -0.15) is 13.2 Å². The lowest BCUT2D eigenvalue weighted by Crippen LogP contribution is -2.48. The molecule has 0 radical (unpaired) electrons. The van der Waals surface area contributed by atoms with Crippen molar-refractivity contribution in [2.45, 2.75) is 25.3 Å². The number of morpholine rings is 1. The van der Waals surface area contributed by atoms with Crippen LogP contribution in [-0.2, 0) is 15.7 Å². The van der Waals surface area contributed by atoms with Gasteiger partial charge >= 0.3 is 6.18 Å². The minimum Gasteiger partial charge on any atom is -0.382 e. The Bertz CT molecular complexity index is 499. The maximum Gasteiger partial charge on any atom is 0.417 e. The zero-order chi connectivity index (χ0) is 15.6. The van der Waals surface area contributed by atoms with Crippen LogP contribution in [0.25, 0.3) is 0 Å². The van der Waals surface area contributed by atoms with Gasteiger partial charge in [-0.3, -0.25) is 0 Å². The first kappa shape index (κ1) is 16.3. The van der Waals surface area contributed by atoms with Crippen molar-refractivity contribution in [1.82, 2.24) is 4.98 Å². The summed E-state index contributed by atoms with van der Waals surface area (Å²) in [6.07, 6.45) is -3.91. The Kier molecular flexibility index (Phi) is 4.95. The van der Waals surface area contributed by atoms with Gasteiger partial charge in [0.05, 0.1) is 29.4 Å². The van der Waals surface area contributed by atoms with E-state index in [0.29, 0.717) is 25.5 Å². The van der Waals surface area contributed by atoms with Crippen LogP contribution in [-0.4, -0.2) is 44.0 Å². The average molecular weight is 325 g/mol. The van der Waals surface area contributed by atoms with E-state index in [0.717, 1.165) is 12.3 Å². The Morgan fingerprint density at radius 2 is 2.19 bits per heavy atom. The molecule has 2 rings (SSSR count). The van der Waals surface area contributed by atoms with E-state index in [1.54, 1.807) is 7.11 Å². The smallest absolute Gasteiger partial charge is 0.382 e. The maximum atomic E-state index is 12.6. The van der Waals surface area contributed by atoms with E-state index in [1.165, 1.54) is 0 Å². The molecule has 1 aromatic rings. The summed E-state index contributed by atoms with van der Waals surface area (Å²) in [5.74, 6) is 0.334. The molecule has 1 saturated heterocycles. The highest BCUT2D eigenvalue weighted by Gasteiger charge is 2.33. The monoisotopic (exact) mass is 324 g/mol. The van der Waals surface area contributed by atoms with Crippen LogP contribution in [0.2, 0.25) is 5.02 Å². The summed E-state index contributed by atoms with van der Waals surface area (Å²) in [6, 6.07) is 0.898. The highest BCUT2D eigenvalue weighted by atomic mass is 35.5. The van der Waals surface area contributed by atoms with Gasteiger partial charge < -0.3 is 14.4 Å². The van der Waals surface area contributed by atoms with Crippen LogP contribution in [0.5, 0.6) is 0 Å². The first-order valence-corrected chi connectivity index (χ1v) is 6.81. The number of ether oxygens (including phenoxy) is 2. The van der Waals surface area contributed by atoms with Crippen molar-refractivity contribution in [2.24, 2.45) is 0 Å². The Labute approximate surface area is 125 Å². The molecule has 2 unspecified atom stereocenters. The van der Waals surface area contributed by atoms with E-state index in [2.05, 4.69) is 4.98 Å². The number of alkyl halides is 3. The summed E-state index contributed by atoms with van der Waals surface area (Å²) >= 11 is 5.97. The normalized spacial score (nSPS) is 23.4. The van der Waals surface area contributed by atoms with Gasteiger partial charge in [0.15, 0.2) is 0 Å². The molecular weight excluding hydrogens is 309 g/mol. The fraction of sp³-hybridized carbons (Fsp3) is 0.615. The number of pyridine rings is 1. The second-order valence-electron chi connectivity index (χ2n) is 4.96. The molecular formula is C13H16ClF3N2O2. The van der Waals surface area contributed by atoms with Crippen molar-refractivity contribution in [1.29, 1.82) is 0 Å². The lowest BCUT2D eigenvalue weighted by atomic mass is 10.2. The van der Waals surface area contributed by atoms with Crippen molar-refractivity contribution in [2.75, 3.05) is 31.7 Å². The minimum atomic E-state index is -4.45. The standard InChI is InChI=1S/C13H16ClF3N2O2/c1-8-5-19(6-10(21-8)7-20-2)12-11(14)3-9(4-18-12)13(15,16)17/h3-4,8,10H,5-7H2,1-2H3. The van der Waals surface area contributed by atoms with Gasteiger partial charge in [0.1, 0.15) is 5.82 Å². The Morgan fingerprint density at radius 1 is 1.48 bits per heavy atom. The number of methoxy groups -OCH3 is 1. The first-order chi connectivity index (χ1) is 9.81. The lowest BCUT2D eigenvalue weighted by molar-refractivity contribution is -0.137. The third kappa shape index (κ3) is 3.99. The largest absolute Gasteiger partial charge is 0.417 e. The van der Waals surface area contributed by atoms with Gasteiger partial charge in [0.25, 0.3) is 0 Å². The van der Waals surface area contributed by atoms with Gasteiger partial charge in [-0.1, -0.05) is 11.6 Å². The summed E-state index contributed by atoms with van der Waals surface area (Å²) in [6.45, 7) is 3.26. The Balaban J connectivity index is 2.21. The van der Waals surface area contributed by atoms with Crippen molar-refractivity contribution < 1.29 is 22.6 Å². The van der Waals surface area contributed by atoms with E-state index in [-0.39, 0.29) is 17.2 Å². The summed E-state index contributed by atoms with van der Waals surface area (Å²) in [5, 5.41) is -0.0184. The number of rotatable bonds is 3. The van der Waals surface area contributed by atoms with Crippen LogP contribution in [0.15, 0.2) is 12.3 Å². The van der Waals surface area contributed by atoms with Crippen LogP contribution in [0.4, 0.5) is 19.0 Å². The van der Waals surface area contributed by atoms with Gasteiger partial charge in [-0.15, -0.1) is 0 Å². The van der Waals surface area contributed by atoms with Crippen LogP contribution < -0.4 is 4.90 Å². The fourth-order valence-electron chi connectivity index (χ4n) is 2.31. The van der Waals surface area contributed by atoms with E-state index >= 15 is 0 Å². The molecule has 118 valence electrons. The summed E-state index contributed by atoms with van der Waals surface area (Å²) in [7, 11) is 1.57. The summed E-state index contributed by atoms with van der Waals surface area (Å²) in [4.78, 5) is 5.69. The summed E-state index contributed by atoms with van der Waals surface area (Å²) in [5.41, 5.74) is -0.856. The molecule has 1 aliphatic rings. The van der Waals surface area contributed by atoms with Crippen LogP contribution in [0.1, 0.15) is 12.5 Å². The summed E-state index contributed by atoms with van der Waals surface area (Å²) < 4.78 is 48.6. The molecule has 1 aromatic heterocycles. The molecule has 2 heterocycles. The van der Waals surface area contributed by atoms with E-state index in [1.807, 2.05) is 11.8 Å². The van der Waals surface area contributed by atoms with E-state index in [9.17, 15) is 13.2 Å². The molecule has 0 amide bonds. The predicted molar refractivity (Wildman–Crippen MR) is 72.7 cm³/mol. The molecule has 1 aliphatic heterocycles. The van der Waals surface area contributed by atoms with E-state index in [4.69, 9.17) is 21.1 Å². The fourth-order valence-corrected chi connectivity index (χ4v) is 2.60. The molecule has 0 spiro atoms. The predicted octanol–water partition coefficient (Wildman–Crippen LogP) is 2.99. The molecule has 0 bridgehead atoms. The molecule has 8 heteroatoms. The SMILES string of the molecule is COCC1CN(c2ncc(C(F)(F)F)cc2Cl)CC(C)O1. The molecule has 0 aliphatic carbocycles. The van der Waals surface area contributed by atoms with Crippen LogP contribution in [0.3, 0.4) is 0 Å². The highest BCUT2D eigenvalue weighted by Crippen LogP contribution is 2.34.